The molecule has 136 valence electrons. The maximum Gasteiger partial charge on any atom is 0.195 e. The second-order valence-electron chi connectivity index (χ2n) is 6.25. The van der Waals surface area contributed by atoms with E-state index in [0.29, 0.717) is 5.75 Å². The number of nitrogens with zero attached hydrogens (tertiary/aromatic N) is 3. The fourth-order valence-electron chi connectivity index (χ4n) is 2.58. The zero-order chi connectivity index (χ0) is 18.5. The van der Waals surface area contributed by atoms with Gasteiger partial charge in [-0.2, -0.15) is 0 Å². The van der Waals surface area contributed by atoms with Gasteiger partial charge in [0.05, 0.1) is 6.10 Å². The van der Waals surface area contributed by atoms with Crippen molar-refractivity contribution in [3.8, 4) is 11.4 Å². The van der Waals surface area contributed by atoms with Crippen LogP contribution in [0.25, 0.3) is 5.69 Å². The highest BCUT2D eigenvalue weighted by Gasteiger charge is 2.14. The van der Waals surface area contributed by atoms with Crippen LogP contribution in [-0.4, -0.2) is 38.3 Å². The van der Waals surface area contributed by atoms with Gasteiger partial charge in [0.2, 0.25) is 0 Å². The molecular weight excluding hydrogens is 346 g/mol. The van der Waals surface area contributed by atoms with E-state index in [4.69, 9.17) is 4.74 Å². The SMILES string of the molecule is Cc1ccc(C)c(OC[C@H](O)CSc2nnc(C)n2-c2ccccc2)c1. The summed E-state index contributed by atoms with van der Waals surface area (Å²) in [7, 11) is 0. The summed E-state index contributed by atoms with van der Waals surface area (Å²) in [6.45, 7) is 6.19. The second-order valence-corrected chi connectivity index (χ2v) is 7.23. The van der Waals surface area contributed by atoms with Crippen molar-refractivity contribution >= 4 is 11.8 Å². The average Bonchev–Trinajstić information content (AvgIpc) is 3.02. The molecule has 3 aromatic rings. The standard InChI is InChI=1S/C20H23N3O2S/c1-14-9-10-15(2)19(11-14)25-12-18(24)13-26-20-22-21-16(3)23(20)17-7-5-4-6-8-17/h4-11,18,24H,12-13H2,1-3H3/t18-/m0/s1. The van der Waals surface area contributed by atoms with E-state index in [2.05, 4.69) is 10.2 Å². The molecule has 0 saturated heterocycles. The number of ether oxygens (including phenoxy) is 1. The molecule has 1 aromatic heterocycles. The van der Waals surface area contributed by atoms with E-state index in [-0.39, 0.29) is 6.61 Å². The van der Waals surface area contributed by atoms with Gasteiger partial charge in [-0.1, -0.05) is 42.1 Å². The number of benzene rings is 2. The van der Waals surface area contributed by atoms with Gasteiger partial charge >= 0.3 is 0 Å². The van der Waals surface area contributed by atoms with Gasteiger partial charge in [0, 0.05) is 11.4 Å². The molecule has 0 fully saturated rings. The molecule has 0 saturated carbocycles. The summed E-state index contributed by atoms with van der Waals surface area (Å²) in [6, 6.07) is 16.0. The van der Waals surface area contributed by atoms with Crippen LogP contribution in [0.2, 0.25) is 0 Å². The normalized spacial score (nSPS) is 12.2. The lowest BCUT2D eigenvalue weighted by atomic mass is 10.1. The van der Waals surface area contributed by atoms with Gasteiger partial charge in [-0.25, -0.2) is 0 Å². The lowest BCUT2D eigenvalue weighted by Crippen LogP contribution is -2.20. The minimum atomic E-state index is -0.596. The Hall–Kier alpha value is -2.31. The van der Waals surface area contributed by atoms with Crippen LogP contribution in [0.15, 0.2) is 53.7 Å². The molecule has 1 N–H and O–H groups in total. The van der Waals surface area contributed by atoms with E-state index >= 15 is 0 Å². The Morgan fingerprint density at radius 2 is 1.85 bits per heavy atom. The van der Waals surface area contributed by atoms with Crippen molar-refractivity contribution in [3.05, 3.63) is 65.5 Å². The van der Waals surface area contributed by atoms with Crippen LogP contribution in [0.1, 0.15) is 17.0 Å². The van der Waals surface area contributed by atoms with Crippen molar-refractivity contribution < 1.29 is 9.84 Å². The van der Waals surface area contributed by atoms with Crippen molar-refractivity contribution in [1.82, 2.24) is 14.8 Å². The molecule has 3 rings (SSSR count). The Bertz CT molecular complexity index is 865. The van der Waals surface area contributed by atoms with E-state index < -0.39 is 6.10 Å². The highest BCUT2D eigenvalue weighted by molar-refractivity contribution is 7.99. The molecule has 0 unspecified atom stereocenters. The summed E-state index contributed by atoms with van der Waals surface area (Å²) in [4.78, 5) is 0. The van der Waals surface area contributed by atoms with E-state index in [1.165, 1.54) is 11.8 Å². The van der Waals surface area contributed by atoms with E-state index in [0.717, 1.165) is 33.5 Å². The largest absolute Gasteiger partial charge is 0.491 e. The molecule has 1 atom stereocenters. The first-order valence-electron chi connectivity index (χ1n) is 8.53. The van der Waals surface area contributed by atoms with Crippen molar-refractivity contribution in [2.75, 3.05) is 12.4 Å². The first-order chi connectivity index (χ1) is 12.5. The van der Waals surface area contributed by atoms with Gasteiger partial charge in [-0.3, -0.25) is 4.57 Å². The third-order valence-electron chi connectivity index (χ3n) is 3.99. The number of aliphatic hydroxyl groups excluding tert-OH is 1. The Morgan fingerprint density at radius 1 is 1.08 bits per heavy atom. The molecule has 5 nitrogen and oxygen atoms in total. The van der Waals surface area contributed by atoms with Crippen LogP contribution in [0.5, 0.6) is 5.75 Å². The first-order valence-corrected chi connectivity index (χ1v) is 9.51. The minimum Gasteiger partial charge on any atom is -0.491 e. The lowest BCUT2D eigenvalue weighted by molar-refractivity contribution is 0.126. The zero-order valence-electron chi connectivity index (χ0n) is 15.2. The van der Waals surface area contributed by atoms with Gasteiger partial charge in [0.25, 0.3) is 0 Å². The third kappa shape index (κ3) is 4.45. The number of rotatable bonds is 7. The fourth-order valence-corrected chi connectivity index (χ4v) is 3.48. The van der Waals surface area contributed by atoms with Crippen LogP contribution >= 0.6 is 11.8 Å². The van der Waals surface area contributed by atoms with E-state index in [1.807, 2.05) is 73.9 Å². The maximum absolute atomic E-state index is 10.3. The average molecular weight is 369 g/mol. The number of aliphatic hydroxyl groups is 1. The van der Waals surface area contributed by atoms with Crippen molar-refractivity contribution in [1.29, 1.82) is 0 Å². The quantitative estimate of drug-likeness (QED) is 0.643. The summed E-state index contributed by atoms with van der Waals surface area (Å²) in [5.74, 6) is 2.12. The molecule has 0 aliphatic carbocycles. The Balaban J connectivity index is 1.60. The van der Waals surface area contributed by atoms with Gasteiger partial charge in [-0.15, -0.1) is 10.2 Å². The summed E-state index contributed by atoms with van der Waals surface area (Å²) in [5.41, 5.74) is 3.22. The van der Waals surface area contributed by atoms with Crippen LogP contribution in [0, 0.1) is 20.8 Å². The van der Waals surface area contributed by atoms with Crippen molar-refractivity contribution in [2.45, 2.75) is 32.0 Å². The van der Waals surface area contributed by atoms with Crippen LogP contribution in [0.4, 0.5) is 0 Å². The Kier molecular flexibility index (Phi) is 5.96. The summed E-state index contributed by atoms with van der Waals surface area (Å²) >= 11 is 1.47. The maximum atomic E-state index is 10.3. The second kappa shape index (κ2) is 8.38. The molecular formula is C20H23N3O2S. The summed E-state index contributed by atoms with van der Waals surface area (Å²) in [5, 5.41) is 19.5. The number of aromatic nitrogens is 3. The van der Waals surface area contributed by atoms with E-state index in [9.17, 15) is 5.11 Å². The highest BCUT2D eigenvalue weighted by Crippen LogP contribution is 2.23. The minimum absolute atomic E-state index is 0.246. The summed E-state index contributed by atoms with van der Waals surface area (Å²) < 4.78 is 7.77. The number of hydrogen-bond donors (Lipinski definition) is 1. The van der Waals surface area contributed by atoms with Gasteiger partial charge in [0.1, 0.15) is 18.2 Å². The molecule has 0 bridgehead atoms. The Labute approximate surface area is 158 Å². The zero-order valence-corrected chi connectivity index (χ0v) is 16.0. The van der Waals surface area contributed by atoms with Gasteiger partial charge in [-0.05, 0) is 50.1 Å². The van der Waals surface area contributed by atoms with Gasteiger partial charge < -0.3 is 9.84 Å². The molecule has 0 amide bonds. The molecule has 0 aliphatic rings. The molecule has 0 radical (unpaired) electrons. The molecule has 0 spiro atoms. The monoisotopic (exact) mass is 369 g/mol. The molecule has 26 heavy (non-hydrogen) atoms. The number of hydrogen-bond acceptors (Lipinski definition) is 5. The van der Waals surface area contributed by atoms with Crippen LogP contribution < -0.4 is 4.74 Å². The first kappa shape index (κ1) is 18.5. The van der Waals surface area contributed by atoms with Crippen molar-refractivity contribution in [3.63, 3.8) is 0 Å². The number of para-hydroxylation sites is 1. The summed E-state index contributed by atoms with van der Waals surface area (Å²) in [6.07, 6.45) is -0.596. The predicted octanol–water partition coefficient (Wildman–Crippen LogP) is 3.72. The van der Waals surface area contributed by atoms with Crippen molar-refractivity contribution in [2.24, 2.45) is 0 Å². The fraction of sp³-hybridized carbons (Fsp3) is 0.300. The van der Waals surface area contributed by atoms with Gasteiger partial charge in [0.15, 0.2) is 5.16 Å². The Morgan fingerprint density at radius 3 is 2.62 bits per heavy atom. The third-order valence-corrected chi connectivity index (χ3v) is 5.06. The number of thioether (sulfide) groups is 1. The van der Waals surface area contributed by atoms with Crippen LogP contribution in [0.3, 0.4) is 0 Å². The number of aryl methyl sites for hydroxylation is 3. The topological polar surface area (TPSA) is 60.2 Å². The van der Waals surface area contributed by atoms with Crippen LogP contribution in [-0.2, 0) is 0 Å². The van der Waals surface area contributed by atoms with E-state index in [1.54, 1.807) is 0 Å². The molecule has 1 heterocycles. The lowest BCUT2D eigenvalue weighted by Gasteiger charge is -2.14. The molecule has 0 aliphatic heterocycles. The molecule has 6 heteroatoms. The highest BCUT2D eigenvalue weighted by atomic mass is 32.2. The smallest absolute Gasteiger partial charge is 0.195 e. The predicted molar refractivity (Wildman–Crippen MR) is 104 cm³/mol. The molecule has 2 aromatic carbocycles.